The molecule has 68 valence electrons. The molecule has 1 unspecified atom stereocenters. The number of hydrogen-bond acceptors (Lipinski definition) is 4. The second kappa shape index (κ2) is 4.90. The molecule has 0 aromatic rings. The normalized spacial score (nSPS) is 23.2. The van der Waals surface area contributed by atoms with Crippen LogP contribution in [0.3, 0.4) is 0 Å². The summed E-state index contributed by atoms with van der Waals surface area (Å²) < 4.78 is 10.1. The summed E-state index contributed by atoms with van der Waals surface area (Å²) in [7, 11) is 0. The van der Waals surface area contributed by atoms with Crippen LogP contribution >= 0.6 is 0 Å². The highest BCUT2D eigenvalue weighted by Crippen LogP contribution is 1.96. The maximum absolute atomic E-state index is 10.6. The molecule has 4 heteroatoms. The van der Waals surface area contributed by atoms with Crippen molar-refractivity contribution < 1.29 is 14.3 Å². The number of esters is 1. The molecule has 4 nitrogen and oxygen atoms in total. The molecule has 1 atom stereocenters. The highest BCUT2D eigenvalue weighted by molar-refractivity contribution is 5.81. The third-order valence-electron chi connectivity index (χ3n) is 1.58. The Bertz CT molecular complexity index is 164. The molecule has 0 aromatic carbocycles. The van der Waals surface area contributed by atoms with Crippen LogP contribution in [-0.4, -0.2) is 38.4 Å². The monoisotopic (exact) mass is 171 g/mol. The first-order valence-corrected chi connectivity index (χ1v) is 3.94. The van der Waals surface area contributed by atoms with Gasteiger partial charge in [-0.05, 0) is 0 Å². The van der Waals surface area contributed by atoms with Crippen molar-refractivity contribution in [3.8, 4) is 0 Å². The Morgan fingerprint density at radius 3 is 3.25 bits per heavy atom. The number of ether oxygens (including phenoxy) is 2. The minimum atomic E-state index is -0.399. The predicted octanol–water partition coefficient (Wildman–Crippen LogP) is -0.296. The second-order valence-corrected chi connectivity index (χ2v) is 2.53. The van der Waals surface area contributed by atoms with E-state index >= 15 is 0 Å². The Morgan fingerprint density at radius 2 is 2.67 bits per heavy atom. The summed E-state index contributed by atoms with van der Waals surface area (Å²) in [6.45, 7) is 5.88. The Kier molecular flexibility index (Phi) is 3.76. The van der Waals surface area contributed by atoms with E-state index in [2.05, 4.69) is 11.9 Å². The average Bonchev–Trinajstić information content (AvgIpc) is 2.16. The molecular weight excluding hydrogens is 158 g/mol. The van der Waals surface area contributed by atoms with Gasteiger partial charge in [-0.3, -0.25) is 0 Å². The van der Waals surface area contributed by atoms with Gasteiger partial charge in [-0.2, -0.15) is 0 Å². The van der Waals surface area contributed by atoms with Gasteiger partial charge >= 0.3 is 5.97 Å². The van der Waals surface area contributed by atoms with Crippen molar-refractivity contribution in [1.29, 1.82) is 0 Å². The van der Waals surface area contributed by atoms with Gasteiger partial charge in [0.05, 0.1) is 6.61 Å². The summed E-state index contributed by atoms with van der Waals surface area (Å²) in [6.07, 6.45) is 1.14. The third kappa shape index (κ3) is 3.02. The summed E-state index contributed by atoms with van der Waals surface area (Å²) >= 11 is 0. The highest BCUT2D eigenvalue weighted by atomic mass is 16.6. The first-order valence-electron chi connectivity index (χ1n) is 3.94. The molecule has 1 fully saturated rings. The number of rotatable bonds is 3. The van der Waals surface area contributed by atoms with E-state index in [9.17, 15) is 4.79 Å². The molecule has 1 rings (SSSR count). The minimum absolute atomic E-state index is 0.0114. The van der Waals surface area contributed by atoms with Crippen LogP contribution in [0.4, 0.5) is 0 Å². The minimum Gasteiger partial charge on any atom is -0.460 e. The molecule has 1 heterocycles. The average molecular weight is 171 g/mol. The molecule has 12 heavy (non-hydrogen) atoms. The number of carbonyl (C=O) groups excluding carboxylic acids is 1. The van der Waals surface area contributed by atoms with Crippen molar-refractivity contribution in [3.05, 3.63) is 12.7 Å². The molecule has 0 spiro atoms. The molecule has 0 bridgehead atoms. The molecule has 0 amide bonds. The van der Waals surface area contributed by atoms with Gasteiger partial charge in [-0.25, -0.2) is 4.79 Å². The van der Waals surface area contributed by atoms with E-state index in [4.69, 9.17) is 9.47 Å². The van der Waals surface area contributed by atoms with Gasteiger partial charge in [-0.15, -0.1) is 0 Å². The molecule has 0 saturated carbocycles. The van der Waals surface area contributed by atoms with Crippen LogP contribution in [0, 0.1) is 0 Å². The second-order valence-electron chi connectivity index (χ2n) is 2.53. The van der Waals surface area contributed by atoms with E-state index in [1.807, 2.05) is 0 Å². The van der Waals surface area contributed by atoms with E-state index in [0.717, 1.165) is 19.2 Å². The van der Waals surface area contributed by atoms with E-state index in [1.165, 1.54) is 0 Å². The summed E-state index contributed by atoms with van der Waals surface area (Å²) in [6, 6.07) is 0. The maximum atomic E-state index is 10.6. The van der Waals surface area contributed by atoms with Gasteiger partial charge < -0.3 is 14.8 Å². The summed E-state index contributed by atoms with van der Waals surface area (Å²) in [5.74, 6) is -0.399. The molecule has 0 aliphatic carbocycles. The molecule has 0 aromatic heterocycles. The first kappa shape index (κ1) is 9.22. The van der Waals surface area contributed by atoms with Crippen LogP contribution in [-0.2, 0) is 14.3 Å². The van der Waals surface area contributed by atoms with E-state index in [0.29, 0.717) is 13.2 Å². The molecule has 0 radical (unpaired) electrons. The Balaban J connectivity index is 2.12. The van der Waals surface area contributed by atoms with Crippen molar-refractivity contribution in [2.75, 3.05) is 26.3 Å². The Hall–Kier alpha value is -0.870. The number of hydrogen-bond donors (Lipinski definition) is 1. The van der Waals surface area contributed by atoms with Crippen molar-refractivity contribution in [2.24, 2.45) is 0 Å². The van der Waals surface area contributed by atoms with Crippen LogP contribution in [0.25, 0.3) is 0 Å². The zero-order chi connectivity index (χ0) is 8.81. The maximum Gasteiger partial charge on any atom is 0.330 e. The number of carbonyl (C=O) groups is 1. The van der Waals surface area contributed by atoms with Crippen molar-refractivity contribution in [1.82, 2.24) is 5.32 Å². The van der Waals surface area contributed by atoms with E-state index in [-0.39, 0.29) is 6.10 Å². The van der Waals surface area contributed by atoms with Crippen LogP contribution in [0.5, 0.6) is 0 Å². The lowest BCUT2D eigenvalue weighted by molar-refractivity contribution is -0.142. The SMILES string of the molecule is C=CC(=O)OCC1CNCCO1. The fourth-order valence-corrected chi connectivity index (χ4v) is 0.961. The standard InChI is InChI=1S/C8H13NO3/c1-2-8(10)12-6-7-5-9-3-4-11-7/h2,7,9H,1,3-6H2. The highest BCUT2D eigenvalue weighted by Gasteiger charge is 2.14. The van der Waals surface area contributed by atoms with E-state index in [1.54, 1.807) is 0 Å². The molecule has 1 saturated heterocycles. The largest absolute Gasteiger partial charge is 0.460 e. The van der Waals surface area contributed by atoms with Crippen LogP contribution < -0.4 is 5.32 Å². The predicted molar refractivity (Wildman–Crippen MR) is 43.8 cm³/mol. The Labute approximate surface area is 71.5 Å². The first-order chi connectivity index (χ1) is 5.83. The topological polar surface area (TPSA) is 47.6 Å². The summed E-state index contributed by atoms with van der Waals surface area (Å²) in [5.41, 5.74) is 0. The molecule has 1 N–H and O–H groups in total. The van der Waals surface area contributed by atoms with Crippen LogP contribution in [0.15, 0.2) is 12.7 Å². The zero-order valence-corrected chi connectivity index (χ0v) is 6.91. The lowest BCUT2D eigenvalue weighted by atomic mass is 10.3. The smallest absolute Gasteiger partial charge is 0.330 e. The molecule has 1 aliphatic rings. The van der Waals surface area contributed by atoms with Gasteiger partial charge in [0.1, 0.15) is 12.7 Å². The Morgan fingerprint density at radius 1 is 1.83 bits per heavy atom. The van der Waals surface area contributed by atoms with Gasteiger partial charge in [0.25, 0.3) is 0 Å². The van der Waals surface area contributed by atoms with E-state index < -0.39 is 5.97 Å². The van der Waals surface area contributed by atoms with Gasteiger partial charge in [0.2, 0.25) is 0 Å². The lowest BCUT2D eigenvalue weighted by Gasteiger charge is -2.22. The van der Waals surface area contributed by atoms with Crippen molar-refractivity contribution >= 4 is 5.97 Å². The summed E-state index contributed by atoms with van der Waals surface area (Å²) in [4.78, 5) is 10.6. The molecular formula is C8H13NO3. The quantitative estimate of drug-likeness (QED) is 0.468. The molecule has 1 aliphatic heterocycles. The number of morpholine rings is 1. The van der Waals surface area contributed by atoms with Gasteiger partial charge in [0, 0.05) is 19.2 Å². The van der Waals surface area contributed by atoms with Crippen molar-refractivity contribution in [2.45, 2.75) is 6.10 Å². The summed E-state index contributed by atoms with van der Waals surface area (Å²) in [5, 5.41) is 3.13. The third-order valence-corrected chi connectivity index (χ3v) is 1.58. The van der Waals surface area contributed by atoms with Gasteiger partial charge in [0.15, 0.2) is 0 Å². The van der Waals surface area contributed by atoms with Crippen molar-refractivity contribution in [3.63, 3.8) is 0 Å². The zero-order valence-electron chi connectivity index (χ0n) is 6.91. The van der Waals surface area contributed by atoms with Crippen LogP contribution in [0.1, 0.15) is 0 Å². The lowest BCUT2D eigenvalue weighted by Crippen LogP contribution is -2.41. The fourth-order valence-electron chi connectivity index (χ4n) is 0.961. The van der Waals surface area contributed by atoms with Gasteiger partial charge in [-0.1, -0.05) is 6.58 Å². The fraction of sp³-hybridized carbons (Fsp3) is 0.625. The number of nitrogens with one attached hydrogen (secondary N) is 1. The van der Waals surface area contributed by atoms with Crippen LogP contribution in [0.2, 0.25) is 0 Å².